The molecule has 10 nitrogen and oxygen atoms in total. The number of aryl methyl sites for hydroxylation is 1. The lowest BCUT2D eigenvalue weighted by Gasteiger charge is -2.27. The summed E-state index contributed by atoms with van der Waals surface area (Å²) in [5.41, 5.74) is 1.06. The zero-order valence-corrected chi connectivity index (χ0v) is 24.3. The lowest BCUT2D eigenvalue weighted by Crippen LogP contribution is -2.44. The lowest BCUT2D eigenvalue weighted by atomic mass is 10.0. The van der Waals surface area contributed by atoms with Crippen molar-refractivity contribution in [1.82, 2.24) is 10.3 Å². The Labute approximate surface area is 236 Å². The molecule has 0 radical (unpaired) electrons. The molecule has 0 saturated heterocycles. The van der Waals surface area contributed by atoms with Gasteiger partial charge in [0, 0.05) is 25.8 Å². The number of amides is 1. The number of aromatic nitrogens is 1. The number of methoxy groups -OCH3 is 1. The number of carbonyl (C=O) groups excluding carboxylic acids is 3. The summed E-state index contributed by atoms with van der Waals surface area (Å²) in [5, 5.41) is 2.72. The van der Waals surface area contributed by atoms with Crippen molar-refractivity contribution < 1.29 is 38.1 Å². The minimum atomic E-state index is -0.922. The van der Waals surface area contributed by atoms with Gasteiger partial charge < -0.3 is 29.0 Å². The number of rotatable bonds is 17. The first-order valence-electron chi connectivity index (χ1n) is 13.6. The molecule has 2 rings (SSSR count). The standard InChI is InChI=1S/C30H42N2O8/c1-7-11-24(32-29(34)27-28(39-19-38-22(5)33)26(36-6)16-17-31-27)30(35)40-21(4)25(37-18-20(2)3)15-14-23-12-9-8-10-13-23/h8-10,12-13,16-17,20-21,24-25H,7,11,14-15,18-19H2,1-6H3,(H,32,34)/t21-,24-,25-/m0/s1. The van der Waals surface area contributed by atoms with Crippen molar-refractivity contribution in [3.8, 4) is 11.5 Å². The number of nitrogens with zero attached hydrogens (tertiary/aromatic N) is 1. The molecule has 0 aliphatic rings. The number of hydrogen-bond acceptors (Lipinski definition) is 9. The van der Waals surface area contributed by atoms with Crippen molar-refractivity contribution >= 4 is 17.8 Å². The van der Waals surface area contributed by atoms with Gasteiger partial charge in [0.2, 0.25) is 6.79 Å². The van der Waals surface area contributed by atoms with E-state index in [4.69, 9.17) is 23.7 Å². The molecule has 1 heterocycles. The summed E-state index contributed by atoms with van der Waals surface area (Å²) in [4.78, 5) is 41.7. The number of benzene rings is 1. The molecule has 0 bridgehead atoms. The van der Waals surface area contributed by atoms with Crippen LogP contribution in [0, 0.1) is 5.92 Å². The van der Waals surface area contributed by atoms with E-state index in [1.54, 1.807) is 0 Å². The molecular formula is C30H42N2O8. The van der Waals surface area contributed by atoms with Gasteiger partial charge in [-0.2, -0.15) is 0 Å². The summed E-state index contributed by atoms with van der Waals surface area (Å²) in [6.45, 7) is 9.18. The molecule has 2 aromatic rings. The molecule has 1 aromatic carbocycles. The first-order chi connectivity index (χ1) is 19.2. The molecule has 3 atom stereocenters. The fraction of sp³-hybridized carbons (Fsp3) is 0.533. The Morgan fingerprint density at radius 3 is 2.38 bits per heavy atom. The van der Waals surface area contributed by atoms with Crippen LogP contribution in [0.5, 0.6) is 11.5 Å². The van der Waals surface area contributed by atoms with E-state index in [0.717, 1.165) is 6.42 Å². The Kier molecular flexibility index (Phi) is 13.9. The number of ether oxygens (including phenoxy) is 5. The monoisotopic (exact) mass is 558 g/mol. The fourth-order valence-corrected chi connectivity index (χ4v) is 3.89. The maximum Gasteiger partial charge on any atom is 0.329 e. The maximum atomic E-state index is 13.3. The van der Waals surface area contributed by atoms with E-state index < -0.39 is 36.8 Å². The summed E-state index contributed by atoms with van der Waals surface area (Å²) >= 11 is 0. The van der Waals surface area contributed by atoms with Gasteiger partial charge in [0.05, 0.1) is 13.2 Å². The highest BCUT2D eigenvalue weighted by atomic mass is 16.7. The topological polar surface area (TPSA) is 122 Å². The summed E-state index contributed by atoms with van der Waals surface area (Å²) in [6, 6.07) is 10.6. The summed E-state index contributed by atoms with van der Waals surface area (Å²) in [7, 11) is 1.41. The van der Waals surface area contributed by atoms with Gasteiger partial charge in [0.15, 0.2) is 17.2 Å². The zero-order valence-electron chi connectivity index (χ0n) is 24.3. The van der Waals surface area contributed by atoms with Gasteiger partial charge in [-0.25, -0.2) is 9.78 Å². The molecule has 1 aromatic heterocycles. The third-order valence-electron chi connectivity index (χ3n) is 5.97. The minimum Gasteiger partial charge on any atom is -0.493 e. The second-order valence-corrected chi connectivity index (χ2v) is 9.84. The Bertz CT molecular complexity index is 1080. The number of carbonyl (C=O) groups is 3. The van der Waals surface area contributed by atoms with Gasteiger partial charge in [-0.3, -0.25) is 9.59 Å². The van der Waals surface area contributed by atoms with E-state index in [9.17, 15) is 14.4 Å². The third kappa shape index (κ3) is 10.8. The lowest BCUT2D eigenvalue weighted by molar-refractivity contribution is -0.159. The largest absolute Gasteiger partial charge is 0.493 e. The molecule has 40 heavy (non-hydrogen) atoms. The molecule has 1 N–H and O–H groups in total. The number of pyridine rings is 1. The van der Waals surface area contributed by atoms with Gasteiger partial charge in [-0.05, 0) is 37.7 Å². The van der Waals surface area contributed by atoms with E-state index in [0.29, 0.717) is 31.8 Å². The van der Waals surface area contributed by atoms with E-state index in [1.165, 1.54) is 31.9 Å². The average molecular weight is 559 g/mol. The molecule has 0 spiro atoms. The predicted molar refractivity (Wildman–Crippen MR) is 149 cm³/mol. The second-order valence-electron chi connectivity index (χ2n) is 9.84. The number of esters is 2. The van der Waals surface area contributed by atoms with E-state index in [1.807, 2.05) is 32.0 Å². The SMILES string of the molecule is CCC[C@H](NC(=O)c1nccc(OC)c1OCOC(C)=O)C(=O)O[C@@H](C)[C@H](CCc1ccccc1)OCC(C)C. The van der Waals surface area contributed by atoms with Crippen LogP contribution in [0.4, 0.5) is 0 Å². The molecular weight excluding hydrogens is 516 g/mol. The van der Waals surface area contributed by atoms with Gasteiger partial charge in [-0.15, -0.1) is 0 Å². The minimum absolute atomic E-state index is 0.0104. The van der Waals surface area contributed by atoms with E-state index in [-0.39, 0.29) is 23.3 Å². The predicted octanol–water partition coefficient (Wildman–Crippen LogP) is 4.49. The average Bonchev–Trinajstić information content (AvgIpc) is 2.92. The van der Waals surface area contributed by atoms with Crippen molar-refractivity contribution in [1.29, 1.82) is 0 Å². The smallest absolute Gasteiger partial charge is 0.329 e. The van der Waals surface area contributed by atoms with Crippen molar-refractivity contribution in [2.45, 2.75) is 78.6 Å². The Morgan fingerprint density at radius 2 is 1.75 bits per heavy atom. The molecule has 220 valence electrons. The quantitative estimate of drug-likeness (QED) is 0.221. The normalized spacial score (nSPS) is 13.2. The Balaban J connectivity index is 2.13. The van der Waals surface area contributed by atoms with Crippen LogP contribution in [0.25, 0.3) is 0 Å². The second kappa shape index (κ2) is 17.1. The molecule has 0 fully saturated rings. The van der Waals surface area contributed by atoms with Gasteiger partial charge in [-0.1, -0.05) is 57.5 Å². The summed E-state index contributed by atoms with van der Waals surface area (Å²) in [6.07, 6.45) is 2.95. The van der Waals surface area contributed by atoms with Gasteiger partial charge in [0.1, 0.15) is 12.1 Å². The summed E-state index contributed by atoms with van der Waals surface area (Å²) < 4.78 is 27.5. The third-order valence-corrected chi connectivity index (χ3v) is 5.97. The van der Waals surface area contributed by atoms with Crippen LogP contribution in [-0.2, 0) is 30.2 Å². The van der Waals surface area contributed by atoms with Crippen LogP contribution in [0.1, 0.15) is 69.9 Å². The highest BCUT2D eigenvalue weighted by molar-refractivity contribution is 5.98. The van der Waals surface area contributed by atoms with E-state index in [2.05, 4.69) is 36.3 Å². The van der Waals surface area contributed by atoms with Crippen LogP contribution >= 0.6 is 0 Å². The van der Waals surface area contributed by atoms with Gasteiger partial charge in [0.25, 0.3) is 5.91 Å². The Hall–Kier alpha value is -3.66. The van der Waals surface area contributed by atoms with Crippen molar-refractivity contribution in [2.75, 3.05) is 20.5 Å². The highest BCUT2D eigenvalue weighted by Crippen LogP contribution is 2.29. The molecule has 0 aliphatic carbocycles. The zero-order chi connectivity index (χ0) is 29.5. The fourth-order valence-electron chi connectivity index (χ4n) is 3.89. The number of hydrogen-bond donors (Lipinski definition) is 1. The first-order valence-corrected chi connectivity index (χ1v) is 13.6. The highest BCUT2D eigenvalue weighted by Gasteiger charge is 2.29. The van der Waals surface area contributed by atoms with E-state index >= 15 is 0 Å². The van der Waals surface area contributed by atoms with Crippen molar-refractivity contribution in [3.05, 3.63) is 53.9 Å². The molecule has 0 unspecified atom stereocenters. The van der Waals surface area contributed by atoms with Crippen LogP contribution in [0.3, 0.4) is 0 Å². The number of nitrogens with one attached hydrogen (secondary N) is 1. The van der Waals surface area contributed by atoms with Crippen LogP contribution in [0.2, 0.25) is 0 Å². The molecule has 0 aliphatic heterocycles. The molecule has 10 heteroatoms. The van der Waals surface area contributed by atoms with Crippen LogP contribution in [-0.4, -0.2) is 61.6 Å². The Morgan fingerprint density at radius 1 is 1.02 bits per heavy atom. The van der Waals surface area contributed by atoms with Crippen LogP contribution < -0.4 is 14.8 Å². The van der Waals surface area contributed by atoms with Crippen molar-refractivity contribution in [2.24, 2.45) is 5.92 Å². The molecule has 1 amide bonds. The maximum absolute atomic E-state index is 13.3. The summed E-state index contributed by atoms with van der Waals surface area (Å²) in [5.74, 6) is -1.24. The first kappa shape index (κ1) is 32.6. The molecule has 0 saturated carbocycles. The van der Waals surface area contributed by atoms with Crippen molar-refractivity contribution in [3.63, 3.8) is 0 Å². The van der Waals surface area contributed by atoms with Gasteiger partial charge >= 0.3 is 11.9 Å². The van der Waals surface area contributed by atoms with Crippen LogP contribution in [0.15, 0.2) is 42.6 Å².